The van der Waals surface area contributed by atoms with Gasteiger partial charge in [-0.3, -0.25) is 0 Å². The summed E-state index contributed by atoms with van der Waals surface area (Å²) in [6.45, 7) is 12.8. The van der Waals surface area contributed by atoms with E-state index in [0.29, 0.717) is 6.04 Å². The number of piperidine rings is 1. The maximum Gasteiger partial charge on any atom is 0.102 e. The van der Waals surface area contributed by atoms with Crippen molar-refractivity contribution in [2.24, 2.45) is 0 Å². The molecule has 22 heavy (non-hydrogen) atoms. The van der Waals surface area contributed by atoms with Crippen LogP contribution < -0.4 is 5.32 Å². The predicted molar refractivity (Wildman–Crippen MR) is 94.8 cm³/mol. The van der Waals surface area contributed by atoms with Gasteiger partial charge < -0.3 is 19.4 Å². The second-order valence-electron chi connectivity index (χ2n) is 9.92. The first-order valence-corrected chi connectivity index (χ1v) is 8.84. The number of quaternary nitrogens is 2. The fourth-order valence-electron chi connectivity index (χ4n) is 4.23. The molecule has 0 aromatic rings. The van der Waals surface area contributed by atoms with Crippen molar-refractivity contribution in [3.63, 3.8) is 0 Å². The summed E-state index contributed by atoms with van der Waals surface area (Å²) in [5.74, 6) is 0. The molecule has 2 N–H and O–H groups in total. The van der Waals surface area contributed by atoms with Gasteiger partial charge in [-0.1, -0.05) is 0 Å². The molecule has 0 atom stereocenters. The first kappa shape index (κ1) is 19.9. The van der Waals surface area contributed by atoms with Crippen LogP contribution in [0.25, 0.3) is 0 Å². The zero-order chi connectivity index (χ0) is 17.2. The Kier molecular flexibility index (Phi) is 6.11. The number of likely N-dealkylation sites (N-methyl/N-ethyl adjacent to an activating group) is 1. The highest BCUT2D eigenvalue weighted by atomic mass is 16.3. The van der Waals surface area contributed by atoms with Gasteiger partial charge in [0.1, 0.15) is 6.54 Å². The molecule has 4 heteroatoms. The zero-order valence-electron chi connectivity index (χ0n) is 16.4. The summed E-state index contributed by atoms with van der Waals surface area (Å²) >= 11 is 0. The van der Waals surface area contributed by atoms with E-state index in [1.54, 1.807) is 0 Å². The third-order valence-corrected chi connectivity index (χ3v) is 5.36. The highest BCUT2D eigenvalue weighted by molar-refractivity contribution is 4.97. The Bertz CT molecular complexity index is 345. The molecule has 0 spiro atoms. The number of nitrogens with zero attached hydrogens (tertiary/aromatic N) is 2. The average molecular weight is 316 g/mol. The SMILES string of the molecule is CC1(C)CC([N+](C)(C)CCC[N+](C)(C)CCO)CC(C)(C)N1. The van der Waals surface area contributed by atoms with E-state index < -0.39 is 0 Å². The molecule has 1 rings (SSSR count). The largest absolute Gasteiger partial charge is 0.391 e. The lowest BCUT2D eigenvalue weighted by Crippen LogP contribution is -2.65. The number of aliphatic hydroxyl groups is 1. The Hall–Kier alpha value is -0.160. The molecule has 0 saturated carbocycles. The van der Waals surface area contributed by atoms with Crippen molar-refractivity contribution in [1.82, 2.24) is 5.32 Å². The fraction of sp³-hybridized carbons (Fsp3) is 1.00. The van der Waals surface area contributed by atoms with Gasteiger partial charge in [0.05, 0.1) is 53.9 Å². The Balaban J connectivity index is 2.62. The Labute approximate surface area is 138 Å². The van der Waals surface area contributed by atoms with Crippen molar-refractivity contribution in [2.75, 3.05) is 54.4 Å². The van der Waals surface area contributed by atoms with Crippen molar-refractivity contribution < 1.29 is 14.1 Å². The van der Waals surface area contributed by atoms with E-state index in [0.717, 1.165) is 22.1 Å². The number of hydrogen-bond acceptors (Lipinski definition) is 2. The summed E-state index contributed by atoms with van der Waals surface area (Å²) in [6, 6.07) is 0.708. The fourth-order valence-corrected chi connectivity index (χ4v) is 4.23. The summed E-state index contributed by atoms with van der Waals surface area (Å²) in [5, 5.41) is 12.9. The quantitative estimate of drug-likeness (QED) is 0.703. The van der Waals surface area contributed by atoms with Crippen LogP contribution in [-0.2, 0) is 0 Å². The molecule has 1 heterocycles. The second-order valence-corrected chi connectivity index (χ2v) is 9.92. The highest BCUT2D eigenvalue weighted by Crippen LogP contribution is 2.33. The number of nitrogens with one attached hydrogen (secondary N) is 1. The van der Waals surface area contributed by atoms with Crippen molar-refractivity contribution >= 4 is 0 Å². The molecule has 4 nitrogen and oxygen atoms in total. The van der Waals surface area contributed by atoms with E-state index in [-0.39, 0.29) is 17.7 Å². The van der Waals surface area contributed by atoms with Gasteiger partial charge in [-0.25, -0.2) is 0 Å². The third kappa shape index (κ3) is 6.15. The average Bonchev–Trinajstić information content (AvgIpc) is 2.23. The Morgan fingerprint density at radius 2 is 1.41 bits per heavy atom. The van der Waals surface area contributed by atoms with E-state index in [2.05, 4.69) is 61.2 Å². The first-order valence-electron chi connectivity index (χ1n) is 8.84. The first-order chi connectivity index (χ1) is 9.79. The Morgan fingerprint density at radius 3 is 1.86 bits per heavy atom. The van der Waals surface area contributed by atoms with E-state index in [4.69, 9.17) is 5.11 Å². The number of rotatable bonds is 7. The summed E-state index contributed by atoms with van der Waals surface area (Å²) in [7, 11) is 9.22. The van der Waals surface area contributed by atoms with Crippen molar-refractivity contribution in [3.05, 3.63) is 0 Å². The van der Waals surface area contributed by atoms with Crippen molar-refractivity contribution in [1.29, 1.82) is 0 Å². The number of aliphatic hydroxyl groups excluding tert-OH is 1. The lowest BCUT2D eigenvalue weighted by atomic mass is 9.78. The minimum atomic E-state index is 0.216. The molecular weight excluding hydrogens is 274 g/mol. The van der Waals surface area contributed by atoms with Crippen LogP contribution >= 0.6 is 0 Å². The molecule has 1 aliphatic rings. The molecule has 1 saturated heterocycles. The van der Waals surface area contributed by atoms with Gasteiger partial charge in [-0.05, 0) is 27.7 Å². The standard InChI is InChI=1S/C18H41N3O/c1-17(2)14-16(15-18(3,4)19-17)21(7,8)11-9-10-20(5,6)12-13-22/h16,19,22H,9-15H2,1-8H3/q+2. The van der Waals surface area contributed by atoms with Crippen LogP contribution in [0.1, 0.15) is 47.0 Å². The van der Waals surface area contributed by atoms with Crippen LogP contribution in [0.3, 0.4) is 0 Å². The van der Waals surface area contributed by atoms with Gasteiger partial charge in [-0.2, -0.15) is 0 Å². The smallest absolute Gasteiger partial charge is 0.102 e. The highest BCUT2D eigenvalue weighted by Gasteiger charge is 2.44. The van der Waals surface area contributed by atoms with Crippen LogP contribution in [-0.4, -0.2) is 85.6 Å². The van der Waals surface area contributed by atoms with Crippen LogP contribution in [0.2, 0.25) is 0 Å². The lowest BCUT2D eigenvalue weighted by molar-refractivity contribution is -0.926. The molecule has 0 radical (unpaired) electrons. The van der Waals surface area contributed by atoms with Crippen molar-refractivity contribution in [3.8, 4) is 0 Å². The van der Waals surface area contributed by atoms with E-state index in [1.807, 2.05) is 0 Å². The van der Waals surface area contributed by atoms with Gasteiger partial charge in [0, 0.05) is 30.3 Å². The molecule has 0 unspecified atom stereocenters. The number of hydrogen-bond donors (Lipinski definition) is 2. The van der Waals surface area contributed by atoms with Gasteiger partial charge in [0.25, 0.3) is 0 Å². The molecule has 0 aromatic carbocycles. The van der Waals surface area contributed by atoms with Crippen LogP contribution in [0.5, 0.6) is 0 Å². The molecule has 1 aliphatic heterocycles. The maximum absolute atomic E-state index is 9.15. The van der Waals surface area contributed by atoms with Crippen LogP contribution in [0.4, 0.5) is 0 Å². The third-order valence-electron chi connectivity index (χ3n) is 5.36. The molecule has 0 aromatic heterocycles. The van der Waals surface area contributed by atoms with Gasteiger partial charge in [-0.15, -0.1) is 0 Å². The maximum atomic E-state index is 9.15. The summed E-state index contributed by atoms with van der Waals surface area (Å²) in [5.41, 5.74) is 0.433. The van der Waals surface area contributed by atoms with Gasteiger partial charge in [0.15, 0.2) is 0 Å². The molecule has 132 valence electrons. The van der Waals surface area contributed by atoms with Crippen LogP contribution in [0.15, 0.2) is 0 Å². The van der Waals surface area contributed by atoms with Crippen molar-refractivity contribution in [2.45, 2.75) is 64.1 Å². The molecule has 0 amide bonds. The minimum Gasteiger partial charge on any atom is -0.391 e. The van der Waals surface area contributed by atoms with Crippen LogP contribution in [0, 0.1) is 0 Å². The normalized spacial score (nSPS) is 22.8. The Morgan fingerprint density at radius 1 is 0.909 bits per heavy atom. The predicted octanol–water partition coefficient (Wildman–Crippen LogP) is 1.83. The van der Waals surface area contributed by atoms with Gasteiger partial charge in [0.2, 0.25) is 0 Å². The van der Waals surface area contributed by atoms with E-state index >= 15 is 0 Å². The topological polar surface area (TPSA) is 32.3 Å². The van der Waals surface area contributed by atoms with E-state index in [9.17, 15) is 0 Å². The minimum absolute atomic E-state index is 0.216. The summed E-state index contributed by atoms with van der Waals surface area (Å²) < 4.78 is 2.02. The van der Waals surface area contributed by atoms with Gasteiger partial charge >= 0.3 is 0 Å². The molecular formula is C18H41N3O+2. The summed E-state index contributed by atoms with van der Waals surface area (Å²) in [6.07, 6.45) is 3.68. The molecule has 1 fully saturated rings. The monoisotopic (exact) mass is 315 g/mol. The zero-order valence-corrected chi connectivity index (χ0v) is 16.4. The molecule has 0 bridgehead atoms. The second kappa shape index (κ2) is 6.76. The molecule has 0 aliphatic carbocycles. The summed E-state index contributed by atoms with van der Waals surface area (Å²) in [4.78, 5) is 0. The van der Waals surface area contributed by atoms with E-state index in [1.165, 1.54) is 25.8 Å². The lowest BCUT2D eigenvalue weighted by Gasteiger charge is -2.51.